The van der Waals surface area contributed by atoms with Crippen LogP contribution in [-0.4, -0.2) is 53.7 Å². The summed E-state index contributed by atoms with van der Waals surface area (Å²) in [6.45, 7) is 3.68. The molecule has 2 atom stereocenters. The van der Waals surface area contributed by atoms with Gasteiger partial charge in [-0.2, -0.15) is 0 Å². The summed E-state index contributed by atoms with van der Waals surface area (Å²) in [5.41, 5.74) is 2.49. The van der Waals surface area contributed by atoms with E-state index < -0.39 is 0 Å². The average Bonchev–Trinajstić information content (AvgIpc) is 3.55. The summed E-state index contributed by atoms with van der Waals surface area (Å²) in [4.78, 5) is 40.3. The molecular formula is C23H25N3O3. The summed E-state index contributed by atoms with van der Waals surface area (Å²) in [5, 5.41) is 2.69. The van der Waals surface area contributed by atoms with Crippen LogP contribution >= 0.6 is 0 Å². The van der Waals surface area contributed by atoms with Crippen LogP contribution in [0.15, 0.2) is 54.6 Å². The van der Waals surface area contributed by atoms with Gasteiger partial charge < -0.3 is 15.1 Å². The lowest BCUT2D eigenvalue weighted by Crippen LogP contribution is -2.51. The number of piperazine rings is 1. The van der Waals surface area contributed by atoms with Crippen molar-refractivity contribution < 1.29 is 14.4 Å². The Hall–Kier alpha value is -3.15. The summed E-state index contributed by atoms with van der Waals surface area (Å²) in [5.74, 6) is 0.451. The quantitative estimate of drug-likeness (QED) is 0.871. The van der Waals surface area contributed by atoms with Gasteiger partial charge in [-0.05, 0) is 42.2 Å². The number of amides is 3. The molecule has 0 unspecified atom stereocenters. The Bertz CT molecular complexity index is 903. The molecule has 1 heterocycles. The Morgan fingerprint density at radius 1 is 0.862 bits per heavy atom. The van der Waals surface area contributed by atoms with E-state index in [9.17, 15) is 14.4 Å². The van der Waals surface area contributed by atoms with Gasteiger partial charge in [0.2, 0.25) is 11.8 Å². The molecule has 1 N–H and O–H groups in total. The molecule has 6 nitrogen and oxygen atoms in total. The van der Waals surface area contributed by atoms with E-state index in [0.717, 1.165) is 6.42 Å². The normalized spacial score (nSPS) is 20.9. The number of rotatable bonds is 4. The van der Waals surface area contributed by atoms with Crippen LogP contribution in [0, 0.1) is 5.92 Å². The molecule has 2 aliphatic rings. The molecule has 1 saturated carbocycles. The van der Waals surface area contributed by atoms with Crippen LogP contribution in [-0.2, 0) is 9.59 Å². The minimum atomic E-state index is -0.143. The van der Waals surface area contributed by atoms with E-state index in [1.807, 2.05) is 23.1 Å². The standard InChI is InChI=1S/C23H25N3O3/c1-16(27)24-19-9-7-18(8-10-19)22(28)25-11-13-26(14-12-25)23(29)21-15-20(21)17-5-3-2-4-6-17/h2-10,20-21H,11-15H2,1H3,(H,24,27)/t20-,21+/m1/s1. The number of hydrogen-bond donors (Lipinski definition) is 1. The Balaban J connectivity index is 1.29. The Kier molecular flexibility index (Phi) is 5.34. The van der Waals surface area contributed by atoms with Crippen molar-refractivity contribution in [2.24, 2.45) is 5.92 Å². The van der Waals surface area contributed by atoms with Crippen LogP contribution in [0.2, 0.25) is 0 Å². The van der Waals surface area contributed by atoms with E-state index >= 15 is 0 Å². The van der Waals surface area contributed by atoms with E-state index in [-0.39, 0.29) is 23.6 Å². The van der Waals surface area contributed by atoms with Crippen molar-refractivity contribution in [2.75, 3.05) is 31.5 Å². The van der Waals surface area contributed by atoms with Crippen molar-refractivity contribution in [3.63, 3.8) is 0 Å². The van der Waals surface area contributed by atoms with E-state index in [1.165, 1.54) is 12.5 Å². The first kappa shape index (κ1) is 19.2. The van der Waals surface area contributed by atoms with E-state index in [2.05, 4.69) is 17.4 Å². The SMILES string of the molecule is CC(=O)Nc1ccc(C(=O)N2CCN(C(=O)[C@H]3C[C@@H]3c3ccccc3)CC2)cc1. The zero-order valence-corrected chi connectivity index (χ0v) is 16.5. The van der Waals surface area contributed by atoms with E-state index in [4.69, 9.17) is 0 Å². The Morgan fingerprint density at radius 2 is 1.48 bits per heavy atom. The molecule has 0 spiro atoms. The second-order valence-electron chi connectivity index (χ2n) is 7.74. The van der Waals surface area contributed by atoms with Gasteiger partial charge in [0.05, 0.1) is 0 Å². The molecule has 0 bridgehead atoms. The van der Waals surface area contributed by atoms with E-state index in [0.29, 0.717) is 43.3 Å². The van der Waals surface area contributed by atoms with Crippen LogP contribution in [0.3, 0.4) is 0 Å². The van der Waals surface area contributed by atoms with Gasteiger partial charge in [0.15, 0.2) is 0 Å². The van der Waals surface area contributed by atoms with Crippen LogP contribution in [0.4, 0.5) is 5.69 Å². The molecule has 150 valence electrons. The van der Waals surface area contributed by atoms with Crippen molar-refractivity contribution in [1.29, 1.82) is 0 Å². The third-order valence-corrected chi connectivity index (χ3v) is 5.67. The summed E-state index contributed by atoms with van der Waals surface area (Å²) < 4.78 is 0. The summed E-state index contributed by atoms with van der Waals surface area (Å²) in [6.07, 6.45) is 0.919. The largest absolute Gasteiger partial charge is 0.339 e. The Labute approximate surface area is 170 Å². The van der Waals surface area contributed by atoms with Gasteiger partial charge in [-0.25, -0.2) is 0 Å². The summed E-state index contributed by atoms with van der Waals surface area (Å²) in [7, 11) is 0. The fraction of sp³-hybridized carbons (Fsp3) is 0.348. The number of benzene rings is 2. The maximum atomic E-state index is 12.8. The minimum absolute atomic E-state index is 0.0416. The van der Waals surface area contributed by atoms with Gasteiger partial charge in [0.1, 0.15) is 0 Å². The Morgan fingerprint density at radius 3 is 2.10 bits per heavy atom. The monoisotopic (exact) mass is 391 g/mol. The predicted molar refractivity (Wildman–Crippen MR) is 111 cm³/mol. The van der Waals surface area contributed by atoms with Crippen LogP contribution < -0.4 is 5.32 Å². The first-order valence-corrected chi connectivity index (χ1v) is 10.0. The number of nitrogens with zero attached hydrogens (tertiary/aromatic N) is 2. The number of carbonyl (C=O) groups is 3. The number of nitrogens with one attached hydrogen (secondary N) is 1. The molecule has 0 aromatic heterocycles. The fourth-order valence-electron chi connectivity index (χ4n) is 3.98. The molecule has 2 fully saturated rings. The van der Waals surface area contributed by atoms with Gasteiger partial charge in [-0.3, -0.25) is 14.4 Å². The molecular weight excluding hydrogens is 366 g/mol. The maximum absolute atomic E-state index is 12.8. The molecule has 1 saturated heterocycles. The van der Waals surface area contributed by atoms with Gasteiger partial charge in [0, 0.05) is 50.3 Å². The lowest BCUT2D eigenvalue weighted by Gasteiger charge is -2.35. The van der Waals surface area contributed by atoms with Gasteiger partial charge in [-0.15, -0.1) is 0 Å². The third kappa shape index (κ3) is 4.31. The zero-order chi connectivity index (χ0) is 20.4. The van der Waals surface area contributed by atoms with Crippen LogP contribution in [0.25, 0.3) is 0 Å². The number of anilines is 1. The highest BCUT2D eigenvalue weighted by atomic mass is 16.2. The third-order valence-electron chi connectivity index (χ3n) is 5.67. The number of hydrogen-bond acceptors (Lipinski definition) is 3. The summed E-state index contributed by atoms with van der Waals surface area (Å²) in [6, 6.07) is 17.1. The van der Waals surface area contributed by atoms with Gasteiger partial charge in [-0.1, -0.05) is 30.3 Å². The lowest BCUT2D eigenvalue weighted by atomic mass is 10.1. The first-order chi connectivity index (χ1) is 14.0. The highest BCUT2D eigenvalue weighted by molar-refractivity contribution is 5.95. The minimum Gasteiger partial charge on any atom is -0.339 e. The molecule has 29 heavy (non-hydrogen) atoms. The molecule has 3 amide bonds. The van der Waals surface area contributed by atoms with Gasteiger partial charge >= 0.3 is 0 Å². The lowest BCUT2D eigenvalue weighted by molar-refractivity contribution is -0.134. The smallest absolute Gasteiger partial charge is 0.253 e. The predicted octanol–water partition coefficient (Wildman–Crippen LogP) is 2.73. The van der Waals surface area contributed by atoms with Crippen molar-refractivity contribution in [3.8, 4) is 0 Å². The van der Waals surface area contributed by atoms with Crippen LogP contribution in [0.1, 0.15) is 35.2 Å². The molecule has 2 aromatic carbocycles. The van der Waals surface area contributed by atoms with Crippen molar-refractivity contribution in [3.05, 3.63) is 65.7 Å². The number of carbonyl (C=O) groups excluding carboxylic acids is 3. The van der Waals surface area contributed by atoms with Crippen molar-refractivity contribution >= 4 is 23.4 Å². The molecule has 1 aliphatic carbocycles. The molecule has 6 heteroatoms. The van der Waals surface area contributed by atoms with Gasteiger partial charge in [0.25, 0.3) is 5.91 Å². The van der Waals surface area contributed by atoms with Crippen molar-refractivity contribution in [1.82, 2.24) is 9.80 Å². The summed E-state index contributed by atoms with van der Waals surface area (Å²) >= 11 is 0. The highest BCUT2D eigenvalue weighted by Gasteiger charge is 2.46. The topological polar surface area (TPSA) is 69.7 Å². The average molecular weight is 391 g/mol. The molecule has 4 rings (SSSR count). The van der Waals surface area contributed by atoms with Crippen LogP contribution in [0.5, 0.6) is 0 Å². The second kappa shape index (κ2) is 8.07. The second-order valence-corrected chi connectivity index (χ2v) is 7.74. The zero-order valence-electron chi connectivity index (χ0n) is 16.5. The molecule has 2 aromatic rings. The van der Waals surface area contributed by atoms with E-state index in [1.54, 1.807) is 29.2 Å². The molecule has 1 aliphatic heterocycles. The van der Waals surface area contributed by atoms with Crippen molar-refractivity contribution in [2.45, 2.75) is 19.3 Å². The molecule has 0 radical (unpaired) electrons. The highest BCUT2D eigenvalue weighted by Crippen LogP contribution is 2.48. The first-order valence-electron chi connectivity index (χ1n) is 10.0. The fourth-order valence-corrected chi connectivity index (χ4v) is 3.98. The maximum Gasteiger partial charge on any atom is 0.253 e.